The van der Waals surface area contributed by atoms with E-state index in [9.17, 15) is 15.4 Å². The molecule has 1 aromatic heterocycles. The smallest absolute Gasteiger partial charge is 0.311 e. The van der Waals surface area contributed by atoms with Gasteiger partial charge in [-0.15, -0.1) is 0 Å². The summed E-state index contributed by atoms with van der Waals surface area (Å²) in [5.41, 5.74) is -0.250. The normalized spacial score (nSPS) is 9.75. The van der Waals surface area contributed by atoms with Crippen molar-refractivity contribution in [3.63, 3.8) is 0 Å². The summed E-state index contributed by atoms with van der Waals surface area (Å²) in [7, 11) is 1.47. The van der Waals surface area contributed by atoms with Crippen molar-refractivity contribution in [3.05, 3.63) is 58.0 Å². The summed E-state index contributed by atoms with van der Waals surface area (Å²) in [5, 5.41) is 42.6. The molecule has 0 radical (unpaired) electrons. The fourth-order valence-electron chi connectivity index (χ4n) is 1.61. The lowest BCUT2D eigenvalue weighted by atomic mass is 10.2. The van der Waals surface area contributed by atoms with Crippen LogP contribution in [0.3, 0.4) is 0 Å². The molecule has 0 spiro atoms. The Morgan fingerprint density at radius 2 is 2.00 bits per heavy atom. The molecular weight excluding hydrogens is 310 g/mol. The minimum atomic E-state index is -0.629. The Hall–Kier alpha value is -4.16. The molecular formula is C15H11N7O2. The second-order valence-electron chi connectivity index (χ2n) is 4.05. The molecule has 0 unspecified atom stereocenters. The van der Waals surface area contributed by atoms with E-state index in [-0.39, 0.29) is 28.3 Å². The van der Waals surface area contributed by atoms with Crippen LogP contribution in [0.15, 0.2) is 42.3 Å². The molecule has 0 aliphatic heterocycles. The Labute approximate surface area is 137 Å². The maximum atomic E-state index is 10.9. The number of aromatic nitrogens is 1. The van der Waals surface area contributed by atoms with E-state index >= 15 is 0 Å². The van der Waals surface area contributed by atoms with E-state index in [4.69, 9.17) is 10.5 Å². The fourth-order valence-corrected chi connectivity index (χ4v) is 1.61. The molecule has 1 rings (SSSR count). The van der Waals surface area contributed by atoms with Crippen LogP contribution in [0.2, 0.25) is 0 Å². The number of allylic oxidation sites excluding steroid dienone is 5. The number of nitrogens with one attached hydrogen (secondary N) is 2. The lowest BCUT2D eigenvalue weighted by molar-refractivity contribution is -0.384. The molecule has 0 fully saturated rings. The van der Waals surface area contributed by atoms with Crippen molar-refractivity contribution in [2.24, 2.45) is 0 Å². The maximum Gasteiger partial charge on any atom is 0.311 e. The van der Waals surface area contributed by atoms with Crippen LogP contribution >= 0.6 is 0 Å². The summed E-state index contributed by atoms with van der Waals surface area (Å²) in [5.74, 6) is 0.155. The third-order valence-corrected chi connectivity index (χ3v) is 2.66. The summed E-state index contributed by atoms with van der Waals surface area (Å²) in [6.45, 7) is 0. The maximum absolute atomic E-state index is 10.9. The third kappa shape index (κ3) is 4.42. The van der Waals surface area contributed by atoms with Crippen molar-refractivity contribution >= 4 is 17.2 Å². The van der Waals surface area contributed by atoms with Gasteiger partial charge >= 0.3 is 5.69 Å². The average Bonchev–Trinajstić information content (AvgIpc) is 2.60. The highest BCUT2D eigenvalue weighted by molar-refractivity contribution is 5.76. The Morgan fingerprint density at radius 1 is 1.29 bits per heavy atom. The van der Waals surface area contributed by atoms with Crippen molar-refractivity contribution in [1.82, 2.24) is 4.98 Å². The molecule has 1 heterocycles. The number of nitriles is 3. The minimum Gasteiger partial charge on any atom is -0.381 e. The SMILES string of the molecule is CNc1c([N+](=O)[O-])cnc(NC=CC=CC=C(C#N)C#N)c1C#N. The lowest BCUT2D eigenvalue weighted by Crippen LogP contribution is -2.04. The Kier molecular flexibility index (Phi) is 6.69. The van der Waals surface area contributed by atoms with E-state index in [2.05, 4.69) is 15.6 Å². The van der Waals surface area contributed by atoms with Crippen LogP contribution in [-0.2, 0) is 0 Å². The van der Waals surface area contributed by atoms with Crippen LogP contribution in [0.5, 0.6) is 0 Å². The molecule has 0 aromatic carbocycles. The van der Waals surface area contributed by atoms with Crippen molar-refractivity contribution in [1.29, 1.82) is 15.8 Å². The predicted octanol–water partition coefficient (Wildman–Crippen LogP) is 2.36. The predicted molar refractivity (Wildman–Crippen MR) is 86.4 cm³/mol. The Balaban J connectivity index is 2.96. The number of hydrogen-bond acceptors (Lipinski definition) is 8. The van der Waals surface area contributed by atoms with E-state index < -0.39 is 4.92 Å². The van der Waals surface area contributed by atoms with E-state index in [0.29, 0.717) is 0 Å². The monoisotopic (exact) mass is 321 g/mol. The van der Waals surface area contributed by atoms with Crippen molar-refractivity contribution in [2.45, 2.75) is 0 Å². The van der Waals surface area contributed by atoms with E-state index in [1.807, 2.05) is 6.07 Å². The van der Waals surface area contributed by atoms with Crippen LogP contribution < -0.4 is 10.6 Å². The highest BCUT2D eigenvalue weighted by Gasteiger charge is 2.20. The minimum absolute atomic E-state index is 0.0106. The van der Waals surface area contributed by atoms with Crippen LogP contribution in [-0.4, -0.2) is 17.0 Å². The zero-order valence-electron chi connectivity index (χ0n) is 12.5. The van der Waals surface area contributed by atoms with Gasteiger partial charge in [0.15, 0.2) is 5.82 Å². The topological polar surface area (TPSA) is 151 Å². The first-order chi connectivity index (χ1) is 11.6. The van der Waals surface area contributed by atoms with Crippen LogP contribution in [0.1, 0.15) is 5.56 Å². The molecule has 0 saturated heterocycles. The zero-order chi connectivity index (χ0) is 17.9. The fraction of sp³-hybridized carbons (Fsp3) is 0.0667. The number of rotatable bonds is 6. The molecule has 1 aromatic rings. The lowest BCUT2D eigenvalue weighted by Gasteiger charge is -2.08. The summed E-state index contributed by atoms with van der Waals surface area (Å²) in [6.07, 6.45) is 8.44. The van der Waals surface area contributed by atoms with Crippen molar-refractivity contribution in [3.8, 4) is 18.2 Å². The summed E-state index contributed by atoms with van der Waals surface area (Å²) in [6, 6.07) is 5.29. The van der Waals surface area contributed by atoms with Crippen LogP contribution in [0.25, 0.3) is 0 Å². The molecule has 2 N–H and O–H groups in total. The largest absolute Gasteiger partial charge is 0.381 e. The van der Waals surface area contributed by atoms with E-state index in [1.165, 1.54) is 25.4 Å². The molecule has 0 amide bonds. The van der Waals surface area contributed by atoms with Gasteiger partial charge in [0.05, 0.1) is 4.92 Å². The highest BCUT2D eigenvalue weighted by Crippen LogP contribution is 2.30. The third-order valence-electron chi connectivity index (χ3n) is 2.66. The standard InChI is InChI=1S/C15H11N7O2/c1-19-14-12(9-18)15(21-10-13(14)22(23)24)20-6-4-2-3-5-11(7-16)8-17/h2-6,10H,1H3,(H2,19,20,21). The number of hydrogen-bond donors (Lipinski definition) is 2. The number of pyridine rings is 1. The summed E-state index contributed by atoms with van der Waals surface area (Å²) in [4.78, 5) is 14.2. The van der Waals surface area contributed by atoms with Crippen molar-refractivity contribution < 1.29 is 4.92 Å². The molecule has 0 aliphatic carbocycles. The number of nitrogens with zero attached hydrogens (tertiary/aromatic N) is 5. The van der Waals surface area contributed by atoms with E-state index in [0.717, 1.165) is 6.20 Å². The van der Waals surface area contributed by atoms with Gasteiger partial charge < -0.3 is 10.6 Å². The van der Waals surface area contributed by atoms with Gasteiger partial charge in [-0.25, -0.2) is 4.98 Å². The quantitative estimate of drug-likeness (QED) is 0.350. The highest BCUT2D eigenvalue weighted by atomic mass is 16.6. The molecule has 118 valence electrons. The second-order valence-corrected chi connectivity index (χ2v) is 4.05. The molecule has 0 atom stereocenters. The molecule has 9 nitrogen and oxygen atoms in total. The first-order valence-corrected chi connectivity index (χ1v) is 6.44. The van der Waals surface area contributed by atoms with Gasteiger partial charge in [-0.2, -0.15) is 15.8 Å². The summed E-state index contributed by atoms with van der Waals surface area (Å²) < 4.78 is 0. The molecule has 0 aliphatic rings. The van der Waals surface area contributed by atoms with Gasteiger partial charge in [-0.3, -0.25) is 10.1 Å². The summed E-state index contributed by atoms with van der Waals surface area (Å²) >= 11 is 0. The average molecular weight is 321 g/mol. The molecule has 0 saturated carbocycles. The molecule has 0 bridgehead atoms. The van der Waals surface area contributed by atoms with Crippen LogP contribution in [0.4, 0.5) is 17.2 Å². The van der Waals surface area contributed by atoms with Gasteiger partial charge in [0.25, 0.3) is 0 Å². The Morgan fingerprint density at radius 3 is 2.54 bits per heavy atom. The van der Waals surface area contributed by atoms with Gasteiger partial charge in [-0.05, 0) is 12.2 Å². The van der Waals surface area contributed by atoms with Gasteiger partial charge in [0, 0.05) is 13.2 Å². The Bertz CT molecular complexity index is 832. The van der Waals surface area contributed by atoms with Gasteiger partial charge in [0.2, 0.25) is 0 Å². The number of nitro groups is 1. The van der Waals surface area contributed by atoms with Crippen molar-refractivity contribution in [2.75, 3.05) is 17.7 Å². The first-order valence-electron chi connectivity index (χ1n) is 6.44. The first kappa shape index (κ1) is 17.9. The zero-order valence-corrected chi connectivity index (χ0v) is 12.5. The van der Waals surface area contributed by atoms with Crippen LogP contribution in [0, 0.1) is 44.1 Å². The second kappa shape index (κ2) is 8.98. The van der Waals surface area contributed by atoms with Gasteiger partial charge in [0.1, 0.15) is 41.2 Å². The van der Waals surface area contributed by atoms with Gasteiger partial charge in [-0.1, -0.05) is 12.2 Å². The molecule has 24 heavy (non-hydrogen) atoms. The number of anilines is 2. The van der Waals surface area contributed by atoms with E-state index in [1.54, 1.807) is 24.3 Å². The molecule has 9 heteroatoms.